The van der Waals surface area contributed by atoms with Crippen LogP contribution in [-0.4, -0.2) is 68.2 Å². The minimum Gasteiger partial charge on any atom is -0.399 e. The first-order valence-electron chi connectivity index (χ1n) is 38.9. The highest BCUT2D eigenvalue weighted by molar-refractivity contribution is 6.62. The van der Waals surface area contributed by atoms with Crippen LogP contribution >= 0.6 is 11.6 Å². The van der Waals surface area contributed by atoms with E-state index in [1.165, 1.54) is 33.4 Å². The van der Waals surface area contributed by atoms with Crippen molar-refractivity contribution >= 4 is 45.7 Å². The molecule has 0 radical (unpaired) electrons. The first-order chi connectivity index (χ1) is 56.9. The number of hydrogen-bond donors (Lipinski definition) is 0. The second-order valence-corrected chi connectivity index (χ2v) is 30.5. The molecule has 0 saturated carbocycles. The van der Waals surface area contributed by atoms with Crippen molar-refractivity contribution in [2.75, 3.05) is 0 Å². The zero-order valence-corrected chi connectivity index (χ0v) is 64.8. The van der Waals surface area contributed by atoms with Crippen LogP contribution in [0.15, 0.2) is 376 Å². The highest BCUT2D eigenvalue weighted by atomic mass is 35.5. The summed E-state index contributed by atoms with van der Waals surface area (Å²) in [5.74, 6) is 4.55. The van der Waals surface area contributed by atoms with Crippen molar-refractivity contribution in [2.45, 2.75) is 49.7 Å². The van der Waals surface area contributed by atoms with E-state index in [-0.39, 0.29) is 23.6 Å². The molecule has 0 unspecified atom stereocenters. The molecule has 4 aromatic heterocycles. The summed E-state index contributed by atoms with van der Waals surface area (Å²) in [6.07, 6.45) is 3.85. The Morgan fingerprint density at radius 1 is 0.250 bits per heavy atom. The number of halogens is 1. The van der Waals surface area contributed by atoms with Crippen molar-refractivity contribution < 1.29 is 9.31 Å². The van der Waals surface area contributed by atoms with Crippen molar-refractivity contribution in [1.82, 2.24) is 49.8 Å². The highest BCUT2D eigenvalue weighted by Gasteiger charge is 2.53. The van der Waals surface area contributed by atoms with Gasteiger partial charge in [-0.3, -0.25) is 0 Å². The van der Waals surface area contributed by atoms with Gasteiger partial charge in [0.1, 0.15) is 0 Å². The van der Waals surface area contributed by atoms with Crippen LogP contribution in [0, 0.1) is 0 Å². The zero-order valence-electron chi connectivity index (χ0n) is 64.0. The van der Waals surface area contributed by atoms with Crippen molar-refractivity contribution in [3.63, 3.8) is 0 Å². The van der Waals surface area contributed by atoms with Crippen molar-refractivity contribution in [3.8, 4) is 102 Å². The number of rotatable bonds is 12. The fourth-order valence-electron chi connectivity index (χ4n) is 16.4. The summed E-state index contributed by atoms with van der Waals surface area (Å²) >= 11 is 6.25. The standard InChI is InChI=1S/C48H31N5.C31H28BN3O2.C23H15ClN2/c1-5-15-32(16-6-1)45-51-46(33-17-7-2-8-18-33)53-47(52-45)37-28-26-34-29-36(27-25-35(34)30-37)44-49-31-41-40-23-13-14-24-42(40)48(43(41)50-44,38-19-9-3-10-20-38)39-21-11-4-12-22-39;1-30(2)31(3,4)37-32(36-30)26-18-17-23-19-25(16-15-24(23)20-26)29-34-27(21-11-7-5-8-12-21)33-28(35-29)22-13-9-6-10-14-22;24-22-25-15-19-18-13-7-8-14-20(18)23(21(19)26-22,16-9-3-1-4-10-16)17-11-5-2-6-12-17/h1-31H;5-20H,1-4H3;1-15H. The molecular formula is C102H74BClN10O2. The topological polar surface area (TPSA) is 147 Å². The summed E-state index contributed by atoms with van der Waals surface area (Å²) in [7, 11) is -0.389. The molecule has 0 bridgehead atoms. The Labute approximate surface area is 678 Å². The van der Waals surface area contributed by atoms with Crippen LogP contribution in [0.3, 0.4) is 0 Å². The van der Waals surface area contributed by atoms with Gasteiger partial charge in [0.2, 0.25) is 5.28 Å². The lowest BCUT2D eigenvalue weighted by Crippen LogP contribution is -2.41. The molecular weight excluding hydrogens is 1440 g/mol. The number of fused-ring (bicyclic) bond motifs is 8. The van der Waals surface area contributed by atoms with Crippen LogP contribution in [0.4, 0.5) is 0 Å². The van der Waals surface area contributed by atoms with Gasteiger partial charge in [-0.05, 0) is 129 Å². The molecule has 0 atom stereocenters. The van der Waals surface area contributed by atoms with Crippen LogP contribution in [0.25, 0.3) is 124 Å². The maximum atomic E-state index is 6.25. The van der Waals surface area contributed by atoms with Gasteiger partial charge in [0.05, 0.1) is 33.4 Å². The molecule has 3 aliphatic rings. The minimum absolute atomic E-state index is 0.271. The van der Waals surface area contributed by atoms with E-state index in [1.54, 1.807) is 0 Å². The lowest BCUT2D eigenvalue weighted by atomic mass is 9.69. The average Bonchev–Trinajstić information content (AvgIpc) is 1.54. The molecule has 1 fully saturated rings. The normalized spacial score (nSPS) is 14.1. The van der Waals surface area contributed by atoms with Crippen molar-refractivity contribution in [1.29, 1.82) is 0 Å². The summed E-state index contributed by atoms with van der Waals surface area (Å²) in [4.78, 5) is 48.7. The first-order valence-corrected chi connectivity index (χ1v) is 39.2. The van der Waals surface area contributed by atoms with E-state index < -0.39 is 10.8 Å². The van der Waals surface area contributed by atoms with E-state index >= 15 is 0 Å². The molecule has 21 rings (SSSR count). The van der Waals surface area contributed by atoms with Gasteiger partial charge in [0, 0.05) is 62.5 Å². The van der Waals surface area contributed by atoms with E-state index in [2.05, 4.69) is 263 Å². The molecule has 1 aliphatic heterocycles. The predicted molar refractivity (Wildman–Crippen MR) is 466 cm³/mol. The average molecular weight is 1520 g/mol. The van der Waals surface area contributed by atoms with Gasteiger partial charge in [0.25, 0.3) is 0 Å². The summed E-state index contributed by atoms with van der Waals surface area (Å²) in [6, 6.07) is 125. The molecule has 5 heterocycles. The summed E-state index contributed by atoms with van der Waals surface area (Å²) < 4.78 is 12.5. The molecule has 14 aromatic carbocycles. The Kier molecular flexibility index (Phi) is 18.8. The van der Waals surface area contributed by atoms with Crippen molar-refractivity contribution in [2.24, 2.45) is 0 Å². The van der Waals surface area contributed by atoms with E-state index in [0.717, 1.165) is 99.6 Å². The second kappa shape index (κ2) is 30.2. The van der Waals surface area contributed by atoms with Crippen LogP contribution in [0.5, 0.6) is 0 Å². The van der Waals surface area contributed by atoms with E-state index in [9.17, 15) is 0 Å². The van der Waals surface area contributed by atoms with Gasteiger partial charge < -0.3 is 9.31 Å². The molecule has 116 heavy (non-hydrogen) atoms. The third-order valence-corrected chi connectivity index (χ3v) is 22.9. The predicted octanol–water partition coefficient (Wildman–Crippen LogP) is 22.7. The molecule has 554 valence electrons. The van der Waals surface area contributed by atoms with Crippen LogP contribution in [0.2, 0.25) is 5.28 Å². The van der Waals surface area contributed by atoms with Crippen LogP contribution < -0.4 is 5.46 Å². The minimum atomic E-state index is -0.584. The number of nitrogens with zero attached hydrogens (tertiary/aromatic N) is 10. The van der Waals surface area contributed by atoms with Gasteiger partial charge in [-0.1, -0.05) is 346 Å². The Hall–Kier alpha value is -13.9. The molecule has 14 heteroatoms. The monoisotopic (exact) mass is 1520 g/mol. The van der Waals surface area contributed by atoms with Gasteiger partial charge in [-0.25, -0.2) is 49.8 Å². The van der Waals surface area contributed by atoms with E-state index in [4.69, 9.17) is 65.8 Å². The quantitative estimate of drug-likeness (QED) is 0.0847. The van der Waals surface area contributed by atoms with Crippen LogP contribution in [-0.2, 0) is 20.1 Å². The Morgan fingerprint density at radius 2 is 0.534 bits per heavy atom. The molecule has 0 amide bonds. The SMILES string of the molecule is CC1(C)OB(c2ccc3cc(-c4nc(-c5ccccc5)nc(-c5ccccc5)n4)ccc3c2)OC1(C)C.Clc1ncc2c(n1)C(c1ccccc1)(c1ccccc1)c1ccccc1-2.c1ccc(-c2nc(-c3ccccc3)nc(-c3ccc4cc(-c5ncc6c(n5)C(c5ccccc5)(c5ccccc5)c5ccccc5-6)ccc4c3)n2)cc1. The first kappa shape index (κ1) is 72.3. The lowest BCUT2D eigenvalue weighted by Gasteiger charge is -2.32. The van der Waals surface area contributed by atoms with Gasteiger partial charge in [-0.2, -0.15) is 0 Å². The summed E-state index contributed by atoms with van der Waals surface area (Å²) in [5, 5.41) is 4.63. The summed E-state index contributed by atoms with van der Waals surface area (Å²) in [6.45, 7) is 8.29. The van der Waals surface area contributed by atoms with E-state index in [1.807, 2.05) is 146 Å². The third-order valence-electron chi connectivity index (χ3n) is 22.7. The fraction of sp³-hybridized carbons (Fsp3) is 0.0784. The number of benzene rings is 14. The Bertz CT molecular complexity index is 6470. The van der Waals surface area contributed by atoms with Crippen molar-refractivity contribution in [3.05, 3.63) is 426 Å². The van der Waals surface area contributed by atoms with Crippen LogP contribution in [0.1, 0.15) is 72.5 Å². The largest absolute Gasteiger partial charge is 0.494 e. The fourth-order valence-corrected chi connectivity index (χ4v) is 16.5. The Balaban J connectivity index is 0.000000124. The summed E-state index contributed by atoms with van der Waals surface area (Å²) in [5.41, 5.74) is 19.3. The van der Waals surface area contributed by atoms with Gasteiger partial charge >= 0.3 is 7.12 Å². The lowest BCUT2D eigenvalue weighted by molar-refractivity contribution is 0.00578. The number of hydrogen-bond acceptors (Lipinski definition) is 12. The second-order valence-electron chi connectivity index (χ2n) is 30.2. The zero-order chi connectivity index (χ0) is 78.4. The molecule has 12 nitrogen and oxygen atoms in total. The highest BCUT2D eigenvalue weighted by Crippen LogP contribution is 2.57. The third kappa shape index (κ3) is 13.2. The van der Waals surface area contributed by atoms with E-state index in [0.29, 0.717) is 40.8 Å². The maximum absolute atomic E-state index is 6.25. The maximum Gasteiger partial charge on any atom is 0.494 e. The molecule has 0 N–H and O–H groups in total. The molecule has 0 spiro atoms. The smallest absolute Gasteiger partial charge is 0.399 e. The molecule has 2 aliphatic carbocycles. The van der Waals surface area contributed by atoms with Gasteiger partial charge in [-0.15, -0.1) is 0 Å². The molecule has 1 saturated heterocycles. The number of aromatic nitrogens is 10. The Morgan fingerprint density at radius 3 is 0.897 bits per heavy atom. The van der Waals surface area contributed by atoms with Gasteiger partial charge in [0.15, 0.2) is 40.8 Å². The molecule has 18 aromatic rings.